The third-order valence-corrected chi connectivity index (χ3v) is 3.16. The van der Waals surface area contributed by atoms with Gasteiger partial charge in [-0.2, -0.15) is 0 Å². The van der Waals surface area contributed by atoms with Crippen LogP contribution in [0.5, 0.6) is 0 Å². The summed E-state index contributed by atoms with van der Waals surface area (Å²) in [5.41, 5.74) is 7.78. The zero-order valence-electron chi connectivity index (χ0n) is 10.0. The lowest BCUT2D eigenvalue weighted by atomic mass is 10.1. The lowest BCUT2D eigenvalue weighted by molar-refractivity contribution is 0.104. The summed E-state index contributed by atoms with van der Waals surface area (Å²) < 4.78 is 7.44. The van der Waals surface area contributed by atoms with Crippen LogP contribution in [0.15, 0.2) is 30.5 Å². The molecule has 0 aliphatic heterocycles. The molecule has 0 spiro atoms. The second-order valence-corrected chi connectivity index (χ2v) is 4.56. The Balaban J connectivity index is 2.47. The highest BCUT2D eigenvalue weighted by Crippen LogP contribution is 2.20. The van der Waals surface area contributed by atoms with Gasteiger partial charge in [-0.1, -0.05) is 24.4 Å². The minimum absolute atomic E-state index is 0.180. The predicted molar refractivity (Wildman–Crippen MR) is 74.3 cm³/mol. The van der Waals surface area contributed by atoms with E-state index in [0.29, 0.717) is 4.99 Å². The van der Waals surface area contributed by atoms with Crippen LogP contribution in [0.25, 0.3) is 10.9 Å². The van der Waals surface area contributed by atoms with Gasteiger partial charge in [-0.15, -0.1) is 0 Å². The van der Waals surface area contributed by atoms with Gasteiger partial charge >= 0.3 is 0 Å². The highest BCUT2D eigenvalue weighted by molar-refractivity contribution is 7.80. The first-order valence-corrected chi connectivity index (χ1v) is 5.94. The van der Waals surface area contributed by atoms with Crippen molar-refractivity contribution in [3.05, 3.63) is 36.0 Å². The molecule has 2 N–H and O–H groups in total. The molecule has 0 radical (unpaired) electrons. The number of thiocarbonyl (C=S) groups is 1. The third kappa shape index (κ3) is 2.33. The van der Waals surface area contributed by atoms with E-state index in [1.807, 2.05) is 31.3 Å². The van der Waals surface area contributed by atoms with Gasteiger partial charge in [0.25, 0.3) is 0 Å². The summed E-state index contributed by atoms with van der Waals surface area (Å²) in [6, 6.07) is 8.05. The molecule has 2 aromatic rings. The molecule has 0 aliphatic carbocycles. The standard InChI is InChI=1S/C13H16N2OS/c1-9(16-2)8-15-7-6-10-11(13(14)17)4-3-5-12(10)15/h3-7,9H,8H2,1-2H3,(H2,14,17). The van der Waals surface area contributed by atoms with Crippen LogP contribution in [0, 0.1) is 0 Å². The van der Waals surface area contributed by atoms with Crippen molar-refractivity contribution in [2.24, 2.45) is 5.73 Å². The Hall–Kier alpha value is -1.39. The van der Waals surface area contributed by atoms with Gasteiger partial charge in [0.2, 0.25) is 0 Å². The molecular weight excluding hydrogens is 232 g/mol. The number of hydrogen-bond acceptors (Lipinski definition) is 2. The van der Waals surface area contributed by atoms with Crippen LogP contribution in [0.1, 0.15) is 12.5 Å². The van der Waals surface area contributed by atoms with E-state index in [0.717, 1.165) is 23.0 Å². The maximum Gasteiger partial charge on any atom is 0.104 e. The Kier molecular flexibility index (Phi) is 3.45. The van der Waals surface area contributed by atoms with E-state index in [9.17, 15) is 0 Å². The SMILES string of the molecule is COC(C)Cn1ccc2c(C(N)=S)cccc21. The van der Waals surface area contributed by atoms with Gasteiger partial charge in [0.15, 0.2) is 0 Å². The first-order valence-electron chi connectivity index (χ1n) is 5.54. The largest absolute Gasteiger partial charge is 0.389 e. The average molecular weight is 248 g/mol. The predicted octanol–water partition coefficient (Wildman–Crippen LogP) is 2.31. The van der Waals surface area contributed by atoms with E-state index in [1.165, 1.54) is 0 Å². The second kappa shape index (κ2) is 4.85. The Morgan fingerprint density at radius 2 is 2.24 bits per heavy atom. The number of aromatic nitrogens is 1. The molecule has 0 fully saturated rings. The maximum atomic E-state index is 5.71. The average Bonchev–Trinajstić information content (AvgIpc) is 2.72. The number of nitrogens with zero attached hydrogens (tertiary/aromatic N) is 1. The van der Waals surface area contributed by atoms with Crippen LogP contribution in [0.3, 0.4) is 0 Å². The number of hydrogen-bond donors (Lipinski definition) is 1. The van der Waals surface area contributed by atoms with Gasteiger partial charge in [0.05, 0.1) is 6.10 Å². The van der Waals surface area contributed by atoms with E-state index in [4.69, 9.17) is 22.7 Å². The summed E-state index contributed by atoms with van der Waals surface area (Å²) >= 11 is 5.05. The molecule has 1 aromatic heterocycles. The van der Waals surface area contributed by atoms with Crippen LogP contribution in [0.4, 0.5) is 0 Å². The van der Waals surface area contributed by atoms with E-state index in [-0.39, 0.29) is 6.10 Å². The molecule has 1 unspecified atom stereocenters. The highest BCUT2D eigenvalue weighted by atomic mass is 32.1. The normalized spacial score (nSPS) is 12.8. The van der Waals surface area contributed by atoms with Gasteiger partial charge in [0.1, 0.15) is 4.99 Å². The fourth-order valence-corrected chi connectivity index (χ4v) is 2.13. The van der Waals surface area contributed by atoms with E-state index in [2.05, 4.69) is 10.6 Å². The smallest absolute Gasteiger partial charge is 0.104 e. The Morgan fingerprint density at radius 3 is 2.88 bits per heavy atom. The molecule has 0 saturated heterocycles. The van der Waals surface area contributed by atoms with E-state index < -0.39 is 0 Å². The lowest BCUT2D eigenvalue weighted by Gasteiger charge is -2.12. The molecule has 1 heterocycles. The molecule has 4 heteroatoms. The van der Waals surface area contributed by atoms with Gasteiger partial charge < -0.3 is 15.0 Å². The third-order valence-electron chi connectivity index (χ3n) is 2.94. The zero-order valence-corrected chi connectivity index (χ0v) is 10.8. The van der Waals surface area contributed by atoms with Crippen molar-refractivity contribution < 1.29 is 4.74 Å². The summed E-state index contributed by atoms with van der Waals surface area (Å²) in [6.45, 7) is 2.87. The first-order chi connectivity index (χ1) is 8.13. The molecule has 17 heavy (non-hydrogen) atoms. The first kappa shape index (κ1) is 12.1. The minimum Gasteiger partial charge on any atom is -0.389 e. The Labute approximate surface area is 106 Å². The highest BCUT2D eigenvalue weighted by Gasteiger charge is 2.09. The quantitative estimate of drug-likeness (QED) is 0.844. The molecule has 90 valence electrons. The molecule has 0 bridgehead atoms. The molecular formula is C13H16N2OS. The Bertz CT molecular complexity index is 547. The van der Waals surface area contributed by atoms with Gasteiger partial charge in [-0.25, -0.2) is 0 Å². The topological polar surface area (TPSA) is 40.2 Å². The van der Waals surface area contributed by atoms with Crippen molar-refractivity contribution in [2.45, 2.75) is 19.6 Å². The monoisotopic (exact) mass is 248 g/mol. The number of methoxy groups -OCH3 is 1. The van der Waals surface area contributed by atoms with Crippen molar-refractivity contribution in [2.75, 3.05) is 7.11 Å². The van der Waals surface area contributed by atoms with Gasteiger partial charge in [-0.3, -0.25) is 0 Å². The van der Waals surface area contributed by atoms with Gasteiger partial charge in [0, 0.05) is 36.3 Å². The summed E-state index contributed by atoms with van der Waals surface area (Å²) in [4.78, 5) is 0.438. The molecule has 0 aliphatic rings. The van der Waals surface area contributed by atoms with E-state index in [1.54, 1.807) is 7.11 Å². The van der Waals surface area contributed by atoms with Crippen LogP contribution in [-0.2, 0) is 11.3 Å². The fourth-order valence-electron chi connectivity index (χ4n) is 1.95. The minimum atomic E-state index is 0.180. The summed E-state index contributed by atoms with van der Waals surface area (Å²) in [7, 11) is 1.72. The molecule has 2 rings (SSSR count). The van der Waals surface area contributed by atoms with Gasteiger partial charge in [-0.05, 0) is 19.1 Å². The number of nitrogens with two attached hydrogens (primary N) is 1. The van der Waals surface area contributed by atoms with Crippen LogP contribution in [0.2, 0.25) is 0 Å². The van der Waals surface area contributed by atoms with E-state index >= 15 is 0 Å². The van der Waals surface area contributed by atoms with Crippen LogP contribution < -0.4 is 5.73 Å². The zero-order chi connectivity index (χ0) is 12.4. The summed E-state index contributed by atoms with van der Waals surface area (Å²) in [5, 5.41) is 1.10. The van der Waals surface area contributed by atoms with Crippen LogP contribution >= 0.6 is 12.2 Å². The number of rotatable bonds is 4. The maximum absolute atomic E-state index is 5.71. The second-order valence-electron chi connectivity index (χ2n) is 4.12. The molecule has 0 saturated carbocycles. The lowest BCUT2D eigenvalue weighted by Crippen LogP contribution is -2.14. The fraction of sp³-hybridized carbons (Fsp3) is 0.308. The summed E-state index contributed by atoms with van der Waals surface area (Å²) in [6.07, 6.45) is 2.22. The number of ether oxygens (including phenoxy) is 1. The number of benzene rings is 1. The molecule has 1 atom stereocenters. The van der Waals surface area contributed by atoms with Crippen molar-refractivity contribution in [3.8, 4) is 0 Å². The van der Waals surface area contributed by atoms with Crippen molar-refractivity contribution >= 4 is 28.1 Å². The number of fused-ring (bicyclic) bond motifs is 1. The molecule has 3 nitrogen and oxygen atoms in total. The molecule has 0 amide bonds. The van der Waals surface area contributed by atoms with Crippen molar-refractivity contribution in [3.63, 3.8) is 0 Å². The van der Waals surface area contributed by atoms with Crippen molar-refractivity contribution in [1.82, 2.24) is 4.57 Å². The Morgan fingerprint density at radius 1 is 1.47 bits per heavy atom. The molecule has 1 aromatic carbocycles. The summed E-state index contributed by atoms with van der Waals surface area (Å²) in [5.74, 6) is 0. The van der Waals surface area contributed by atoms with Crippen molar-refractivity contribution in [1.29, 1.82) is 0 Å². The van der Waals surface area contributed by atoms with Crippen LogP contribution in [-0.4, -0.2) is 22.8 Å².